The standard InChI is InChI=1S/C19H20FN3O3S2/c1-12(2)11-28(25,26)19-23-16-7-6-15(9-17(16)27-19)22-18(24)21-10-13-4-3-5-14(20)8-13/h3-9,12H,10-11H2,1-2H3,(H2,21,22,24). The molecule has 0 fully saturated rings. The Bertz CT molecular complexity index is 1110. The fourth-order valence-electron chi connectivity index (χ4n) is 2.63. The maximum absolute atomic E-state index is 13.2. The van der Waals surface area contributed by atoms with Gasteiger partial charge in [-0.15, -0.1) is 11.3 Å². The average Bonchev–Trinajstić information content (AvgIpc) is 3.03. The molecule has 0 aliphatic carbocycles. The molecular formula is C19H20FN3O3S2. The van der Waals surface area contributed by atoms with Crippen molar-refractivity contribution in [2.75, 3.05) is 11.1 Å². The number of halogens is 1. The predicted molar refractivity (Wildman–Crippen MR) is 109 cm³/mol. The average molecular weight is 422 g/mol. The number of amides is 2. The SMILES string of the molecule is CC(C)CS(=O)(=O)c1nc2ccc(NC(=O)NCc3cccc(F)c3)cc2s1. The van der Waals surface area contributed by atoms with Crippen molar-refractivity contribution < 1.29 is 17.6 Å². The summed E-state index contributed by atoms with van der Waals surface area (Å²) in [4.78, 5) is 16.3. The number of nitrogens with zero attached hydrogens (tertiary/aromatic N) is 1. The maximum atomic E-state index is 13.2. The highest BCUT2D eigenvalue weighted by Gasteiger charge is 2.21. The number of nitrogens with one attached hydrogen (secondary N) is 2. The monoisotopic (exact) mass is 421 g/mol. The van der Waals surface area contributed by atoms with Gasteiger partial charge in [-0.1, -0.05) is 26.0 Å². The maximum Gasteiger partial charge on any atom is 0.319 e. The van der Waals surface area contributed by atoms with Crippen molar-refractivity contribution in [3.05, 3.63) is 53.8 Å². The van der Waals surface area contributed by atoms with Gasteiger partial charge in [-0.25, -0.2) is 22.6 Å². The largest absolute Gasteiger partial charge is 0.334 e. The number of fused-ring (bicyclic) bond motifs is 1. The van der Waals surface area contributed by atoms with E-state index in [1.54, 1.807) is 30.3 Å². The summed E-state index contributed by atoms with van der Waals surface area (Å²) in [5.41, 5.74) is 1.73. The zero-order valence-corrected chi connectivity index (χ0v) is 17.0. The normalized spacial score (nSPS) is 11.7. The van der Waals surface area contributed by atoms with Crippen molar-refractivity contribution in [1.82, 2.24) is 10.3 Å². The summed E-state index contributed by atoms with van der Waals surface area (Å²) in [5.74, 6) is -0.310. The minimum atomic E-state index is -3.42. The van der Waals surface area contributed by atoms with E-state index in [4.69, 9.17) is 0 Å². The van der Waals surface area contributed by atoms with E-state index in [1.165, 1.54) is 12.1 Å². The molecule has 2 N–H and O–H groups in total. The van der Waals surface area contributed by atoms with E-state index in [0.717, 1.165) is 11.3 Å². The molecule has 0 aliphatic heterocycles. The summed E-state index contributed by atoms with van der Waals surface area (Å²) in [7, 11) is -3.42. The molecule has 2 aromatic carbocycles. The van der Waals surface area contributed by atoms with Crippen LogP contribution in [-0.4, -0.2) is 25.2 Å². The summed E-state index contributed by atoms with van der Waals surface area (Å²) in [6.45, 7) is 3.87. The number of urea groups is 1. The second-order valence-electron chi connectivity index (χ2n) is 6.78. The molecule has 1 heterocycles. The van der Waals surface area contributed by atoms with Gasteiger partial charge in [-0.3, -0.25) is 0 Å². The van der Waals surface area contributed by atoms with Crippen molar-refractivity contribution in [2.24, 2.45) is 5.92 Å². The Morgan fingerprint density at radius 3 is 2.71 bits per heavy atom. The lowest BCUT2D eigenvalue weighted by Crippen LogP contribution is -2.28. The van der Waals surface area contributed by atoms with E-state index in [-0.39, 0.29) is 28.4 Å². The summed E-state index contributed by atoms with van der Waals surface area (Å²) in [5, 5.41) is 5.33. The van der Waals surface area contributed by atoms with Crippen LogP contribution in [0.1, 0.15) is 19.4 Å². The predicted octanol–water partition coefficient (Wildman–Crippen LogP) is 4.19. The van der Waals surface area contributed by atoms with Crippen LogP contribution >= 0.6 is 11.3 Å². The number of thiazole rings is 1. The third kappa shape index (κ3) is 5.05. The molecule has 148 valence electrons. The van der Waals surface area contributed by atoms with E-state index in [2.05, 4.69) is 15.6 Å². The zero-order valence-electron chi connectivity index (χ0n) is 15.4. The van der Waals surface area contributed by atoms with Gasteiger partial charge >= 0.3 is 6.03 Å². The molecule has 0 bridgehead atoms. The number of rotatable bonds is 6. The molecule has 0 aliphatic rings. The van der Waals surface area contributed by atoms with Crippen LogP contribution in [0.4, 0.5) is 14.9 Å². The fourth-order valence-corrected chi connectivity index (χ4v) is 5.60. The van der Waals surface area contributed by atoms with Crippen molar-refractivity contribution in [3.63, 3.8) is 0 Å². The van der Waals surface area contributed by atoms with Crippen molar-refractivity contribution in [1.29, 1.82) is 0 Å². The van der Waals surface area contributed by atoms with Gasteiger partial charge in [-0.05, 0) is 41.8 Å². The molecule has 0 atom stereocenters. The Hall–Kier alpha value is -2.52. The van der Waals surface area contributed by atoms with Gasteiger partial charge in [0.2, 0.25) is 14.2 Å². The molecular weight excluding hydrogens is 401 g/mol. The zero-order chi connectivity index (χ0) is 20.3. The van der Waals surface area contributed by atoms with Crippen LogP contribution in [0, 0.1) is 11.7 Å². The van der Waals surface area contributed by atoms with Gasteiger partial charge in [0.15, 0.2) is 0 Å². The second kappa shape index (κ2) is 8.24. The third-order valence-corrected chi connectivity index (χ3v) is 7.34. The van der Waals surface area contributed by atoms with Crippen molar-refractivity contribution >= 4 is 43.1 Å². The second-order valence-corrected chi connectivity index (χ2v) is 10.0. The van der Waals surface area contributed by atoms with Gasteiger partial charge in [-0.2, -0.15) is 0 Å². The number of benzene rings is 2. The number of anilines is 1. The molecule has 0 unspecified atom stereocenters. The Morgan fingerprint density at radius 1 is 1.21 bits per heavy atom. The number of carbonyl (C=O) groups excluding carboxylic acids is 1. The molecule has 0 saturated heterocycles. The molecule has 6 nitrogen and oxygen atoms in total. The molecule has 0 radical (unpaired) electrons. The summed E-state index contributed by atoms with van der Waals surface area (Å²) in [6.07, 6.45) is 0. The number of aromatic nitrogens is 1. The van der Waals surface area contributed by atoms with Crippen LogP contribution in [0.2, 0.25) is 0 Å². The van der Waals surface area contributed by atoms with Crippen LogP contribution in [0.5, 0.6) is 0 Å². The minimum absolute atomic E-state index is 0.0102. The van der Waals surface area contributed by atoms with Crippen LogP contribution in [0.25, 0.3) is 10.2 Å². The molecule has 1 aromatic heterocycles. The first-order valence-electron chi connectivity index (χ1n) is 8.65. The summed E-state index contributed by atoms with van der Waals surface area (Å²) in [6, 6.07) is 10.5. The number of hydrogen-bond donors (Lipinski definition) is 2. The summed E-state index contributed by atoms with van der Waals surface area (Å²) < 4.78 is 38.6. The van der Waals surface area contributed by atoms with Gasteiger partial charge < -0.3 is 10.6 Å². The topological polar surface area (TPSA) is 88.2 Å². The van der Waals surface area contributed by atoms with Crippen molar-refractivity contribution in [3.8, 4) is 0 Å². The van der Waals surface area contributed by atoms with Gasteiger partial charge in [0.05, 0.1) is 16.0 Å². The minimum Gasteiger partial charge on any atom is -0.334 e. The van der Waals surface area contributed by atoms with Crippen LogP contribution < -0.4 is 10.6 Å². The first kappa shape index (κ1) is 20.2. The quantitative estimate of drug-likeness (QED) is 0.625. The van der Waals surface area contributed by atoms with Crippen LogP contribution in [0.3, 0.4) is 0 Å². The molecule has 0 spiro atoms. The lowest BCUT2D eigenvalue weighted by Gasteiger charge is -2.07. The molecule has 9 heteroatoms. The first-order valence-corrected chi connectivity index (χ1v) is 11.1. The first-order chi connectivity index (χ1) is 13.2. The highest BCUT2D eigenvalue weighted by atomic mass is 32.2. The number of hydrogen-bond acceptors (Lipinski definition) is 5. The highest BCUT2D eigenvalue weighted by molar-refractivity contribution is 7.93. The van der Waals surface area contributed by atoms with Crippen LogP contribution in [0.15, 0.2) is 46.8 Å². The van der Waals surface area contributed by atoms with E-state index in [9.17, 15) is 17.6 Å². The Kier molecular flexibility index (Phi) is 5.95. The Morgan fingerprint density at radius 2 is 2.00 bits per heavy atom. The molecule has 28 heavy (non-hydrogen) atoms. The third-order valence-electron chi connectivity index (χ3n) is 3.79. The molecule has 3 aromatic rings. The number of carbonyl (C=O) groups is 1. The summed E-state index contributed by atoms with van der Waals surface area (Å²) >= 11 is 1.09. The van der Waals surface area contributed by atoms with E-state index >= 15 is 0 Å². The smallest absolute Gasteiger partial charge is 0.319 e. The molecule has 2 amide bonds. The van der Waals surface area contributed by atoms with Crippen molar-refractivity contribution in [2.45, 2.75) is 24.7 Å². The Labute approximate surface area is 166 Å². The number of sulfone groups is 1. The van der Waals surface area contributed by atoms with E-state index < -0.39 is 15.9 Å². The highest BCUT2D eigenvalue weighted by Crippen LogP contribution is 2.29. The van der Waals surface area contributed by atoms with E-state index in [0.29, 0.717) is 21.5 Å². The lowest BCUT2D eigenvalue weighted by molar-refractivity contribution is 0.251. The van der Waals surface area contributed by atoms with Gasteiger partial charge in [0.1, 0.15) is 5.82 Å². The lowest BCUT2D eigenvalue weighted by atomic mass is 10.2. The van der Waals surface area contributed by atoms with Gasteiger partial charge in [0.25, 0.3) is 0 Å². The van der Waals surface area contributed by atoms with E-state index in [1.807, 2.05) is 13.8 Å². The van der Waals surface area contributed by atoms with Crippen LogP contribution in [-0.2, 0) is 16.4 Å². The van der Waals surface area contributed by atoms with Gasteiger partial charge in [0, 0.05) is 12.2 Å². The fraction of sp³-hybridized carbons (Fsp3) is 0.263. The molecule has 0 saturated carbocycles. The Balaban J connectivity index is 1.69. The molecule has 3 rings (SSSR count).